The molecule has 0 aliphatic carbocycles. The van der Waals surface area contributed by atoms with E-state index < -0.39 is 5.60 Å². The van der Waals surface area contributed by atoms with E-state index in [0.717, 1.165) is 16.5 Å². The second-order valence-electron chi connectivity index (χ2n) is 8.29. The Kier molecular flexibility index (Phi) is 5.45. The molecule has 1 fully saturated rings. The van der Waals surface area contributed by atoms with E-state index in [2.05, 4.69) is 4.98 Å². The van der Waals surface area contributed by atoms with E-state index in [0.29, 0.717) is 38.2 Å². The number of benzene rings is 2. The number of fused-ring (bicyclic) bond motifs is 1. The fraction of sp³-hybridized carbons (Fsp3) is 0.269. The van der Waals surface area contributed by atoms with Crippen LogP contribution in [0.15, 0.2) is 79.0 Å². The molecule has 3 heterocycles. The van der Waals surface area contributed by atoms with Crippen molar-refractivity contribution in [3.8, 4) is 0 Å². The molecule has 2 aliphatic rings. The third-order valence-electron chi connectivity index (χ3n) is 6.18. The number of carbonyl (C=O) groups excluding carboxylic acids is 2. The van der Waals surface area contributed by atoms with E-state index >= 15 is 0 Å². The van der Waals surface area contributed by atoms with Crippen molar-refractivity contribution < 1.29 is 14.3 Å². The van der Waals surface area contributed by atoms with Gasteiger partial charge in [0.1, 0.15) is 0 Å². The summed E-state index contributed by atoms with van der Waals surface area (Å²) >= 11 is 0. The molecule has 0 N–H and O–H groups in total. The van der Waals surface area contributed by atoms with Crippen LogP contribution in [0.1, 0.15) is 22.3 Å². The van der Waals surface area contributed by atoms with Crippen LogP contribution in [0.3, 0.4) is 0 Å². The van der Waals surface area contributed by atoms with E-state index in [1.54, 1.807) is 11.1 Å². The minimum absolute atomic E-state index is 0.0663. The normalized spacial score (nSPS) is 21.2. The van der Waals surface area contributed by atoms with Gasteiger partial charge in [-0.2, -0.15) is 0 Å². The lowest BCUT2D eigenvalue weighted by Crippen LogP contribution is -2.60. The Balaban J connectivity index is 1.41. The molecule has 2 aromatic carbocycles. The summed E-state index contributed by atoms with van der Waals surface area (Å²) in [6, 6.07) is 19.2. The Labute approximate surface area is 187 Å². The summed E-state index contributed by atoms with van der Waals surface area (Å²) < 4.78 is 6.12. The standard InChI is InChI=1S/C26H25N3O3/c30-24(22-10-6-12-23-21(22)11-7-14-27-23)29-16-17-32-26(19-29)13-4-5-15-28(25(26)31)18-20-8-2-1-3-9-20/h1-12,14H,13,15-19H2/t26-/m1/s1. The van der Waals surface area contributed by atoms with Gasteiger partial charge in [-0.15, -0.1) is 0 Å². The third-order valence-corrected chi connectivity index (χ3v) is 6.18. The number of pyridine rings is 1. The molecule has 0 saturated carbocycles. The third kappa shape index (κ3) is 3.78. The van der Waals surface area contributed by atoms with Gasteiger partial charge in [0, 0.05) is 43.2 Å². The molecule has 32 heavy (non-hydrogen) atoms. The van der Waals surface area contributed by atoms with Crippen molar-refractivity contribution in [1.82, 2.24) is 14.8 Å². The maximum absolute atomic E-state index is 13.7. The number of morpholine rings is 1. The topological polar surface area (TPSA) is 62.7 Å². The summed E-state index contributed by atoms with van der Waals surface area (Å²) in [7, 11) is 0. The first kappa shape index (κ1) is 20.4. The number of amides is 2. The molecule has 0 radical (unpaired) electrons. The molecule has 162 valence electrons. The van der Waals surface area contributed by atoms with Crippen LogP contribution in [0.2, 0.25) is 0 Å². The summed E-state index contributed by atoms with van der Waals surface area (Å²) in [5.74, 6) is -0.162. The van der Waals surface area contributed by atoms with Gasteiger partial charge < -0.3 is 14.5 Å². The van der Waals surface area contributed by atoms with Crippen LogP contribution in [0.25, 0.3) is 10.9 Å². The Morgan fingerprint density at radius 1 is 1.03 bits per heavy atom. The van der Waals surface area contributed by atoms with Crippen LogP contribution in [0, 0.1) is 0 Å². The van der Waals surface area contributed by atoms with Crippen molar-refractivity contribution in [2.24, 2.45) is 0 Å². The molecule has 1 aromatic heterocycles. The van der Waals surface area contributed by atoms with Crippen molar-refractivity contribution in [2.75, 3.05) is 26.2 Å². The molecule has 1 spiro atoms. The number of hydrogen-bond donors (Lipinski definition) is 0. The fourth-order valence-electron chi connectivity index (χ4n) is 4.54. The summed E-state index contributed by atoms with van der Waals surface area (Å²) in [6.07, 6.45) is 6.19. The van der Waals surface area contributed by atoms with Crippen LogP contribution < -0.4 is 0 Å². The largest absolute Gasteiger partial charge is 0.361 e. The first-order valence-corrected chi connectivity index (χ1v) is 10.9. The van der Waals surface area contributed by atoms with Gasteiger partial charge in [-0.25, -0.2) is 0 Å². The van der Waals surface area contributed by atoms with E-state index in [9.17, 15) is 9.59 Å². The second-order valence-corrected chi connectivity index (χ2v) is 8.29. The second kappa shape index (κ2) is 8.55. The predicted octanol–water partition coefficient (Wildman–Crippen LogP) is 3.43. The van der Waals surface area contributed by atoms with E-state index in [4.69, 9.17) is 4.74 Å². The molecular weight excluding hydrogens is 402 g/mol. The highest BCUT2D eigenvalue weighted by Crippen LogP contribution is 2.30. The lowest BCUT2D eigenvalue weighted by molar-refractivity contribution is -0.167. The van der Waals surface area contributed by atoms with Crippen LogP contribution in [-0.2, 0) is 16.1 Å². The van der Waals surface area contributed by atoms with Gasteiger partial charge in [0.15, 0.2) is 5.60 Å². The number of aromatic nitrogens is 1. The molecule has 6 heteroatoms. The molecule has 5 rings (SSSR count). The molecule has 0 unspecified atom stereocenters. The van der Waals surface area contributed by atoms with Gasteiger partial charge in [0.25, 0.3) is 11.8 Å². The highest BCUT2D eigenvalue weighted by Gasteiger charge is 2.47. The monoisotopic (exact) mass is 427 g/mol. The van der Waals surface area contributed by atoms with Crippen molar-refractivity contribution >= 4 is 22.7 Å². The number of rotatable bonds is 3. The van der Waals surface area contributed by atoms with Gasteiger partial charge >= 0.3 is 0 Å². The molecule has 2 amide bonds. The maximum atomic E-state index is 13.7. The average Bonchev–Trinajstić information content (AvgIpc) is 2.98. The zero-order chi connectivity index (χ0) is 22.0. The molecule has 1 saturated heterocycles. The number of hydrogen-bond acceptors (Lipinski definition) is 4. The van der Waals surface area contributed by atoms with Gasteiger partial charge in [0.05, 0.1) is 18.7 Å². The van der Waals surface area contributed by atoms with Crippen molar-refractivity contribution in [2.45, 2.75) is 18.6 Å². The van der Waals surface area contributed by atoms with Crippen molar-refractivity contribution in [1.29, 1.82) is 0 Å². The first-order valence-electron chi connectivity index (χ1n) is 10.9. The van der Waals surface area contributed by atoms with E-state index in [1.165, 1.54) is 0 Å². The van der Waals surface area contributed by atoms with Crippen LogP contribution in [0.5, 0.6) is 0 Å². The summed E-state index contributed by atoms with van der Waals surface area (Å²) in [5, 5.41) is 0.818. The summed E-state index contributed by atoms with van der Waals surface area (Å²) in [5.41, 5.74) is 1.39. The predicted molar refractivity (Wildman–Crippen MR) is 122 cm³/mol. The zero-order valence-electron chi connectivity index (χ0n) is 17.8. The van der Waals surface area contributed by atoms with Crippen molar-refractivity contribution in [3.05, 3.63) is 90.1 Å². The molecule has 6 nitrogen and oxygen atoms in total. The molecule has 3 aromatic rings. The van der Waals surface area contributed by atoms with Gasteiger partial charge in [0.2, 0.25) is 0 Å². The molecular formula is C26H25N3O3. The Morgan fingerprint density at radius 2 is 1.91 bits per heavy atom. The molecule has 1 atom stereocenters. The number of ether oxygens (including phenoxy) is 1. The Bertz CT molecular complexity index is 1170. The number of nitrogens with zero attached hydrogens (tertiary/aromatic N) is 3. The lowest BCUT2D eigenvalue weighted by Gasteiger charge is -2.42. The Morgan fingerprint density at radius 3 is 2.78 bits per heavy atom. The van der Waals surface area contributed by atoms with Gasteiger partial charge in [-0.05, 0) is 23.8 Å². The first-order chi connectivity index (χ1) is 15.7. The molecule has 2 aliphatic heterocycles. The van der Waals surface area contributed by atoms with E-state index in [-0.39, 0.29) is 18.4 Å². The minimum atomic E-state index is -1.06. The fourth-order valence-corrected chi connectivity index (χ4v) is 4.54. The lowest BCUT2D eigenvalue weighted by atomic mass is 9.94. The van der Waals surface area contributed by atoms with Crippen LogP contribution in [0.4, 0.5) is 0 Å². The van der Waals surface area contributed by atoms with Gasteiger partial charge in [-0.3, -0.25) is 14.6 Å². The SMILES string of the molecule is O=C(c1cccc2ncccc12)N1CCO[C@]2(CC=CCN(Cc3ccccc3)C2=O)C1. The minimum Gasteiger partial charge on any atom is -0.361 e. The summed E-state index contributed by atoms with van der Waals surface area (Å²) in [6.45, 7) is 2.05. The average molecular weight is 428 g/mol. The smallest absolute Gasteiger partial charge is 0.257 e. The van der Waals surface area contributed by atoms with Crippen LogP contribution >= 0.6 is 0 Å². The molecule has 0 bridgehead atoms. The van der Waals surface area contributed by atoms with Crippen LogP contribution in [-0.4, -0.2) is 58.4 Å². The zero-order valence-corrected chi connectivity index (χ0v) is 17.8. The van der Waals surface area contributed by atoms with Crippen molar-refractivity contribution in [3.63, 3.8) is 0 Å². The number of carbonyl (C=O) groups is 2. The highest BCUT2D eigenvalue weighted by atomic mass is 16.5. The highest BCUT2D eigenvalue weighted by molar-refractivity contribution is 6.06. The Hall–Kier alpha value is -3.51. The van der Waals surface area contributed by atoms with E-state index in [1.807, 2.05) is 77.7 Å². The van der Waals surface area contributed by atoms with Gasteiger partial charge in [-0.1, -0.05) is 54.6 Å². The quantitative estimate of drug-likeness (QED) is 0.601. The maximum Gasteiger partial charge on any atom is 0.257 e. The summed E-state index contributed by atoms with van der Waals surface area (Å²) in [4.78, 5) is 35.1.